The molecule has 172 valence electrons. The third-order valence-corrected chi connectivity index (χ3v) is 5.82. The maximum Gasteiger partial charge on any atom is 0.337 e. The van der Waals surface area contributed by atoms with Gasteiger partial charge in [0, 0.05) is 30.8 Å². The predicted molar refractivity (Wildman–Crippen MR) is 126 cm³/mol. The first kappa shape index (κ1) is 22.3. The van der Waals surface area contributed by atoms with Crippen molar-refractivity contribution >= 4 is 11.7 Å². The summed E-state index contributed by atoms with van der Waals surface area (Å²) >= 11 is 0. The van der Waals surface area contributed by atoms with Crippen LogP contribution in [0.1, 0.15) is 30.0 Å². The van der Waals surface area contributed by atoms with Gasteiger partial charge in [0.1, 0.15) is 5.69 Å². The lowest BCUT2D eigenvalue weighted by atomic mass is 9.92. The Labute approximate surface area is 193 Å². The van der Waals surface area contributed by atoms with Crippen molar-refractivity contribution in [3.63, 3.8) is 0 Å². The van der Waals surface area contributed by atoms with E-state index in [2.05, 4.69) is 22.6 Å². The summed E-state index contributed by atoms with van der Waals surface area (Å²) in [5.74, 6) is 1.26. The number of urea groups is 1. The number of ether oxygens (including phenoxy) is 2. The first-order valence-electron chi connectivity index (χ1n) is 10.8. The number of hydrogen-bond acceptors (Lipinski definition) is 6. The fourth-order valence-corrected chi connectivity index (χ4v) is 4.03. The molecule has 1 N–H and O–H groups in total. The highest BCUT2D eigenvalue weighted by atomic mass is 16.5. The highest BCUT2D eigenvalue weighted by Gasteiger charge is 2.29. The molecule has 0 bridgehead atoms. The summed E-state index contributed by atoms with van der Waals surface area (Å²) in [7, 11) is 6.68. The minimum absolute atomic E-state index is 0.0989. The molecule has 2 amide bonds. The molecule has 0 saturated heterocycles. The number of nitrogens with one attached hydrogen (secondary N) is 1. The molecule has 9 nitrogen and oxygen atoms in total. The summed E-state index contributed by atoms with van der Waals surface area (Å²) < 4.78 is 12.8. The van der Waals surface area contributed by atoms with E-state index in [4.69, 9.17) is 14.6 Å². The molecule has 0 saturated carbocycles. The lowest BCUT2D eigenvalue weighted by molar-refractivity contribution is 0.177. The molecule has 3 aromatic rings. The SMILES string of the molecule is CCC1Cc2cc(OC)c(OC)cc2C(c2ccc(-c3cn(C)nn3)cc2)=NN1C(=O)NC. The van der Waals surface area contributed by atoms with E-state index in [0.717, 1.165) is 34.4 Å². The van der Waals surface area contributed by atoms with Crippen LogP contribution < -0.4 is 14.8 Å². The molecule has 1 atom stereocenters. The van der Waals surface area contributed by atoms with Gasteiger partial charge >= 0.3 is 6.03 Å². The molecule has 9 heteroatoms. The number of carbonyl (C=O) groups excluding carboxylic acids is 1. The van der Waals surface area contributed by atoms with Crippen LogP contribution >= 0.6 is 0 Å². The van der Waals surface area contributed by atoms with Gasteiger partial charge in [-0.2, -0.15) is 5.10 Å². The van der Waals surface area contributed by atoms with Crippen LogP contribution in [0.3, 0.4) is 0 Å². The highest BCUT2D eigenvalue weighted by Crippen LogP contribution is 2.35. The number of aromatic nitrogens is 3. The van der Waals surface area contributed by atoms with Crippen LogP contribution in [-0.4, -0.2) is 59.1 Å². The number of hydrogen-bond donors (Lipinski definition) is 1. The van der Waals surface area contributed by atoms with E-state index in [0.29, 0.717) is 23.6 Å². The second-order valence-corrected chi connectivity index (χ2v) is 7.83. The Hall–Kier alpha value is -3.88. The average molecular weight is 449 g/mol. The minimum atomic E-state index is -0.248. The van der Waals surface area contributed by atoms with Gasteiger partial charge in [-0.15, -0.1) is 5.10 Å². The van der Waals surface area contributed by atoms with Crippen LogP contribution in [0.2, 0.25) is 0 Å². The Kier molecular flexibility index (Phi) is 6.30. The standard InChI is InChI=1S/C24H28N6O3/c1-6-18-11-17-12-21(32-4)22(33-5)13-19(17)23(27-30(18)24(31)25-2)16-9-7-15(8-10-16)20-14-29(3)28-26-20/h7-10,12-14,18H,6,11H2,1-5H3,(H,25,31). The van der Waals surface area contributed by atoms with Gasteiger partial charge in [-0.1, -0.05) is 36.4 Å². The van der Waals surface area contributed by atoms with Crippen molar-refractivity contribution in [2.75, 3.05) is 21.3 Å². The quantitative estimate of drug-likeness (QED) is 0.647. The van der Waals surface area contributed by atoms with Crippen molar-refractivity contribution in [1.82, 2.24) is 25.3 Å². The van der Waals surface area contributed by atoms with Crippen LogP contribution in [0.15, 0.2) is 47.7 Å². The molecule has 0 aliphatic carbocycles. The summed E-state index contributed by atoms with van der Waals surface area (Å²) in [4.78, 5) is 12.7. The zero-order valence-electron chi connectivity index (χ0n) is 19.5. The van der Waals surface area contributed by atoms with E-state index in [-0.39, 0.29) is 12.1 Å². The number of carbonyl (C=O) groups is 1. The number of rotatable bonds is 5. The molecule has 1 aromatic heterocycles. The zero-order valence-corrected chi connectivity index (χ0v) is 19.5. The van der Waals surface area contributed by atoms with Gasteiger partial charge in [0.15, 0.2) is 11.5 Å². The maximum absolute atomic E-state index is 12.7. The Morgan fingerprint density at radius 1 is 1.12 bits per heavy atom. The van der Waals surface area contributed by atoms with Gasteiger partial charge in [-0.05, 0) is 30.5 Å². The van der Waals surface area contributed by atoms with Crippen molar-refractivity contribution in [2.45, 2.75) is 25.8 Å². The number of hydrazone groups is 1. The number of amides is 2. The van der Waals surface area contributed by atoms with Gasteiger partial charge in [0.2, 0.25) is 0 Å². The number of benzene rings is 2. The first-order valence-corrected chi connectivity index (χ1v) is 10.8. The van der Waals surface area contributed by atoms with Crippen molar-refractivity contribution in [1.29, 1.82) is 0 Å². The van der Waals surface area contributed by atoms with Gasteiger partial charge in [0.05, 0.1) is 32.2 Å². The molecule has 0 spiro atoms. The molecule has 2 aromatic carbocycles. The van der Waals surface area contributed by atoms with Crippen LogP contribution in [-0.2, 0) is 13.5 Å². The third kappa shape index (κ3) is 4.26. The topological polar surface area (TPSA) is 93.9 Å². The van der Waals surface area contributed by atoms with Gasteiger partial charge in [0.25, 0.3) is 0 Å². The molecular weight excluding hydrogens is 420 g/mol. The molecule has 2 heterocycles. The van der Waals surface area contributed by atoms with Crippen LogP contribution in [0.4, 0.5) is 4.79 Å². The maximum atomic E-state index is 12.7. The van der Waals surface area contributed by atoms with E-state index < -0.39 is 0 Å². The Balaban J connectivity index is 1.87. The fourth-order valence-electron chi connectivity index (χ4n) is 4.03. The van der Waals surface area contributed by atoms with Gasteiger partial charge < -0.3 is 14.8 Å². The molecular formula is C24H28N6O3. The second-order valence-electron chi connectivity index (χ2n) is 7.83. The predicted octanol–water partition coefficient (Wildman–Crippen LogP) is 3.23. The van der Waals surface area contributed by atoms with Crippen molar-refractivity contribution in [3.05, 3.63) is 59.3 Å². The summed E-state index contributed by atoms with van der Waals surface area (Å²) in [5, 5.41) is 17.3. The Morgan fingerprint density at radius 2 is 1.79 bits per heavy atom. The lowest BCUT2D eigenvalue weighted by Crippen LogP contribution is -2.42. The molecule has 33 heavy (non-hydrogen) atoms. The van der Waals surface area contributed by atoms with Crippen molar-refractivity contribution < 1.29 is 14.3 Å². The molecule has 0 radical (unpaired) electrons. The average Bonchev–Trinajstić information content (AvgIpc) is 3.21. The largest absolute Gasteiger partial charge is 0.493 e. The Bertz CT molecular complexity index is 1190. The number of aryl methyl sites for hydroxylation is 1. The molecule has 4 rings (SSSR count). The van der Waals surface area contributed by atoms with Crippen LogP contribution in [0.25, 0.3) is 11.3 Å². The highest BCUT2D eigenvalue weighted by molar-refractivity contribution is 6.14. The summed E-state index contributed by atoms with van der Waals surface area (Å²) in [5.41, 5.74) is 5.25. The van der Waals surface area contributed by atoms with Crippen LogP contribution in [0, 0.1) is 0 Å². The minimum Gasteiger partial charge on any atom is -0.493 e. The van der Waals surface area contributed by atoms with Gasteiger partial charge in [-0.25, -0.2) is 9.80 Å². The smallest absolute Gasteiger partial charge is 0.337 e. The molecule has 1 unspecified atom stereocenters. The number of methoxy groups -OCH3 is 2. The summed E-state index contributed by atoms with van der Waals surface area (Å²) in [6.07, 6.45) is 3.26. The Morgan fingerprint density at radius 3 is 2.36 bits per heavy atom. The summed E-state index contributed by atoms with van der Waals surface area (Å²) in [6.45, 7) is 2.05. The first-order chi connectivity index (χ1) is 16.0. The van der Waals surface area contributed by atoms with Gasteiger partial charge in [-0.3, -0.25) is 4.68 Å². The van der Waals surface area contributed by atoms with E-state index in [9.17, 15) is 4.79 Å². The van der Waals surface area contributed by atoms with E-state index in [1.807, 2.05) is 49.6 Å². The zero-order chi connectivity index (χ0) is 23.5. The number of nitrogens with zero attached hydrogens (tertiary/aromatic N) is 5. The monoisotopic (exact) mass is 448 g/mol. The van der Waals surface area contributed by atoms with Crippen molar-refractivity contribution in [2.24, 2.45) is 12.1 Å². The van der Waals surface area contributed by atoms with Crippen molar-refractivity contribution in [3.8, 4) is 22.8 Å². The van der Waals surface area contributed by atoms with Crippen LogP contribution in [0.5, 0.6) is 11.5 Å². The molecule has 0 fully saturated rings. The molecule has 1 aliphatic heterocycles. The van der Waals surface area contributed by atoms with E-state index in [1.165, 1.54) is 0 Å². The number of fused-ring (bicyclic) bond motifs is 1. The molecule has 1 aliphatic rings. The lowest BCUT2D eigenvalue weighted by Gasteiger charge is -2.25. The summed E-state index contributed by atoms with van der Waals surface area (Å²) in [6, 6.07) is 11.5. The third-order valence-electron chi connectivity index (χ3n) is 5.82. The normalized spacial score (nSPS) is 15.4. The van der Waals surface area contributed by atoms with E-state index in [1.54, 1.807) is 31.0 Å². The second kappa shape index (κ2) is 9.32. The fraction of sp³-hybridized carbons (Fsp3) is 0.333. The van der Waals surface area contributed by atoms with E-state index >= 15 is 0 Å².